The van der Waals surface area contributed by atoms with Gasteiger partial charge in [0.15, 0.2) is 0 Å². The summed E-state index contributed by atoms with van der Waals surface area (Å²) >= 11 is 0. The fourth-order valence-electron chi connectivity index (χ4n) is 1.33. The Labute approximate surface area is 130 Å². The highest BCUT2D eigenvalue weighted by Gasteiger charge is 2.75. The molecule has 13 heteroatoms. The first-order valence-electron chi connectivity index (χ1n) is 5.82. The Morgan fingerprint density at radius 2 is 1.46 bits per heavy atom. The maximum absolute atomic E-state index is 13.2. The fraction of sp³-hybridized carbons (Fsp3) is 0.455. The number of halogens is 8. The summed E-state index contributed by atoms with van der Waals surface area (Å²) in [6.45, 7) is -2.77. The lowest BCUT2D eigenvalue weighted by atomic mass is 10.1. The lowest BCUT2D eigenvalue weighted by Gasteiger charge is -2.31. The van der Waals surface area contributed by atoms with Crippen molar-refractivity contribution in [2.75, 3.05) is 12.3 Å². The van der Waals surface area contributed by atoms with Crippen LogP contribution in [-0.2, 0) is 14.3 Å². The number of alkyl halides is 8. The third kappa shape index (κ3) is 3.71. The van der Waals surface area contributed by atoms with Gasteiger partial charge in [-0.3, -0.25) is 4.18 Å². The highest BCUT2D eigenvalue weighted by atomic mass is 32.2. The van der Waals surface area contributed by atoms with E-state index in [9.17, 15) is 43.5 Å². The van der Waals surface area contributed by atoms with E-state index in [-0.39, 0.29) is 5.69 Å². The summed E-state index contributed by atoms with van der Waals surface area (Å²) < 4.78 is 128. The van der Waals surface area contributed by atoms with Gasteiger partial charge in [0, 0.05) is 5.69 Å². The molecular weight excluding hydrogens is 378 g/mol. The van der Waals surface area contributed by atoms with Crippen LogP contribution in [0.2, 0.25) is 0 Å². The predicted molar refractivity (Wildman–Crippen MR) is 64.8 cm³/mol. The number of nitrogens with two attached hydrogens (primary N) is 1. The van der Waals surface area contributed by atoms with Gasteiger partial charge in [0.25, 0.3) is 10.1 Å². The van der Waals surface area contributed by atoms with E-state index in [0.29, 0.717) is 0 Å². The minimum Gasteiger partial charge on any atom is -0.399 e. The van der Waals surface area contributed by atoms with Gasteiger partial charge in [0.2, 0.25) is 0 Å². The van der Waals surface area contributed by atoms with Gasteiger partial charge in [-0.1, -0.05) is 0 Å². The molecule has 0 fully saturated rings. The molecule has 24 heavy (non-hydrogen) atoms. The van der Waals surface area contributed by atoms with E-state index in [1.54, 1.807) is 0 Å². The molecule has 0 aliphatic carbocycles. The number of rotatable bonds is 7. The van der Waals surface area contributed by atoms with Crippen molar-refractivity contribution in [3.63, 3.8) is 0 Å². The number of hydrogen-bond donors (Lipinski definition) is 1. The first-order valence-corrected chi connectivity index (χ1v) is 7.22. The Bertz CT molecular complexity index is 675. The largest absolute Gasteiger partial charge is 0.399 e. The van der Waals surface area contributed by atoms with Crippen LogP contribution in [0, 0.1) is 0 Å². The SMILES string of the molecule is Nc1ccc(S(=O)(=O)OCC(F)(F)C(F)(F)C(F)(F)C(F)F)cc1. The maximum atomic E-state index is 13.2. The van der Waals surface area contributed by atoms with Crippen molar-refractivity contribution in [2.45, 2.75) is 29.1 Å². The fourth-order valence-corrected chi connectivity index (χ4v) is 2.23. The van der Waals surface area contributed by atoms with Gasteiger partial charge >= 0.3 is 24.2 Å². The van der Waals surface area contributed by atoms with Crippen LogP contribution in [-0.4, -0.2) is 39.2 Å². The molecule has 0 aliphatic heterocycles. The Morgan fingerprint density at radius 1 is 1.00 bits per heavy atom. The third-order valence-corrected chi connectivity index (χ3v) is 3.99. The van der Waals surface area contributed by atoms with Crippen molar-refractivity contribution in [3.05, 3.63) is 24.3 Å². The highest BCUT2D eigenvalue weighted by Crippen LogP contribution is 2.48. The maximum Gasteiger partial charge on any atom is 0.380 e. The number of anilines is 1. The molecule has 0 aromatic heterocycles. The van der Waals surface area contributed by atoms with E-state index in [4.69, 9.17) is 5.73 Å². The Balaban J connectivity index is 3.01. The normalized spacial score (nSPS) is 14.2. The van der Waals surface area contributed by atoms with E-state index in [0.717, 1.165) is 24.3 Å². The van der Waals surface area contributed by atoms with E-state index in [2.05, 4.69) is 4.18 Å². The summed E-state index contributed by atoms with van der Waals surface area (Å²) in [5.74, 6) is -18.8. The minimum atomic E-state index is -6.55. The average Bonchev–Trinajstić information content (AvgIpc) is 2.45. The van der Waals surface area contributed by atoms with Crippen LogP contribution in [0.25, 0.3) is 0 Å². The summed E-state index contributed by atoms with van der Waals surface area (Å²) in [5, 5.41) is 0. The van der Waals surface area contributed by atoms with Crippen molar-refractivity contribution in [1.29, 1.82) is 0 Å². The zero-order chi connectivity index (χ0) is 19.0. The average molecular weight is 387 g/mol. The monoisotopic (exact) mass is 387 g/mol. The van der Waals surface area contributed by atoms with Crippen LogP contribution in [0.3, 0.4) is 0 Å². The number of benzene rings is 1. The topological polar surface area (TPSA) is 69.4 Å². The molecule has 0 unspecified atom stereocenters. The third-order valence-electron chi connectivity index (χ3n) is 2.72. The molecule has 0 saturated carbocycles. The molecule has 138 valence electrons. The highest BCUT2D eigenvalue weighted by molar-refractivity contribution is 7.86. The molecule has 0 atom stereocenters. The molecule has 0 heterocycles. The first kappa shape index (κ1) is 20.4. The quantitative estimate of drug-likeness (QED) is 0.443. The Morgan fingerprint density at radius 3 is 1.88 bits per heavy atom. The predicted octanol–water partition coefficient (Wildman–Crippen LogP) is 3.15. The number of hydrogen-bond acceptors (Lipinski definition) is 4. The van der Waals surface area contributed by atoms with Crippen LogP contribution in [0.1, 0.15) is 0 Å². The van der Waals surface area contributed by atoms with Crippen LogP contribution >= 0.6 is 0 Å². The Hall–Kier alpha value is -1.63. The molecule has 0 bridgehead atoms. The molecule has 0 amide bonds. The molecule has 0 spiro atoms. The van der Waals surface area contributed by atoms with E-state index < -0.39 is 45.8 Å². The zero-order valence-electron chi connectivity index (χ0n) is 11.3. The lowest BCUT2D eigenvalue weighted by Crippen LogP contribution is -2.59. The molecule has 4 nitrogen and oxygen atoms in total. The summed E-state index contributed by atoms with van der Waals surface area (Å²) in [4.78, 5) is -0.781. The molecule has 1 aromatic rings. The summed E-state index contributed by atoms with van der Waals surface area (Å²) in [7, 11) is -5.04. The van der Waals surface area contributed by atoms with Gasteiger partial charge in [-0.2, -0.15) is 34.8 Å². The van der Waals surface area contributed by atoms with E-state index in [1.807, 2.05) is 0 Å². The molecule has 0 radical (unpaired) electrons. The second-order valence-corrected chi connectivity index (χ2v) is 6.10. The van der Waals surface area contributed by atoms with E-state index in [1.165, 1.54) is 0 Å². The standard InChI is InChI=1S/C11H9F8NO3S/c12-8(13)10(16,17)11(18,19)9(14,15)5-23-24(21,22)7-3-1-6(20)2-4-7/h1-4,8H,5,20H2. The smallest absolute Gasteiger partial charge is 0.380 e. The van der Waals surface area contributed by atoms with Crippen LogP contribution in [0.15, 0.2) is 29.2 Å². The summed E-state index contributed by atoms with van der Waals surface area (Å²) in [6, 6.07) is 3.56. The van der Waals surface area contributed by atoms with Crippen LogP contribution in [0.4, 0.5) is 40.8 Å². The van der Waals surface area contributed by atoms with Crippen LogP contribution in [0.5, 0.6) is 0 Å². The first-order chi connectivity index (χ1) is 10.6. The van der Waals surface area contributed by atoms with Gasteiger partial charge in [0.05, 0.1) is 4.90 Å². The zero-order valence-corrected chi connectivity index (χ0v) is 12.1. The Kier molecular flexibility index (Phi) is 5.40. The molecular formula is C11H9F8NO3S. The van der Waals surface area contributed by atoms with E-state index >= 15 is 0 Å². The molecule has 2 N–H and O–H groups in total. The van der Waals surface area contributed by atoms with Crippen LogP contribution < -0.4 is 5.73 Å². The van der Waals surface area contributed by atoms with Gasteiger partial charge < -0.3 is 5.73 Å². The molecule has 1 rings (SSSR count). The molecule has 1 aromatic carbocycles. The summed E-state index contributed by atoms with van der Waals surface area (Å²) in [6.07, 6.45) is -5.10. The van der Waals surface area contributed by atoms with Crippen molar-refractivity contribution in [1.82, 2.24) is 0 Å². The van der Waals surface area contributed by atoms with Gasteiger partial charge in [-0.25, -0.2) is 8.78 Å². The molecule has 0 aliphatic rings. The van der Waals surface area contributed by atoms with Crippen molar-refractivity contribution >= 4 is 15.8 Å². The van der Waals surface area contributed by atoms with Gasteiger partial charge in [-0.05, 0) is 24.3 Å². The van der Waals surface area contributed by atoms with Gasteiger partial charge in [-0.15, -0.1) is 0 Å². The second-order valence-electron chi connectivity index (χ2n) is 4.49. The van der Waals surface area contributed by atoms with Crippen molar-refractivity contribution < 1.29 is 47.7 Å². The molecule has 0 saturated heterocycles. The van der Waals surface area contributed by atoms with Crippen molar-refractivity contribution in [3.8, 4) is 0 Å². The lowest BCUT2D eigenvalue weighted by molar-refractivity contribution is -0.342. The minimum absolute atomic E-state index is 0.0717. The van der Waals surface area contributed by atoms with Crippen molar-refractivity contribution in [2.24, 2.45) is 0 Å². The second kappa shape index (κ2) is 6.35. The van der Waals surface area contributed by atoms with Gasteiger partial charge in [0.1, 0.15) is 6.61 Å². The number of nitrogen functional groups attached to an aromatic ring is 1. The summed E-state index contributed by atoms with van der Waals surface area (Å²) in [5.41, 5.74) is 5.31.